The fourth-order valence-electron chi connectivity index (χ4n) is 4.94. The zero-order chi connectivity index (χ0) is 16.9. The average molecular weight is 351 g/mol. The Labute approximate surface area is 144 Å². The number of carbonyl (C=O) groups is 2. The monoisotopic (exact) mass is 351 g/mol. The molecule has 0 saturated heterocycles. The van der Waals surface area contributed by atoms with Crippen LogP contribution in [0.2, 0.25) is 0 Å². The molecule has 5 rings (SSSR count). The van der Waals surface area contributed by atoms with E-state index in [1.165, 1.54) is 35.5 Å². The minimum absolute atomic E-state index is 0.0226. The minimum atomic E-state index is -0.532. The van der Waals surface area contributed by atoms with Crippen molar-refractivity contribution in [2.45, 2.75) is 44.1 Å². The number of nitrogens with one attached hydrogen (secondary N) is 1. The van der Waals surface area contributed by atoms with Gasteiger partial charge in [-0.25, -0.2) is 15.3 Å². The van der Waals surface area contributed by atoms with Crippen LogP contribution in [-0.4, -0.2) is 34.8 Å². The molecule has 2 unspecified atom stereocenters. The highest BCUT2D eigenvalue weighted by atomic mass is 32.1. The smallest absolute Gasteiger partial charge is 0.416 e. The molecule has 2 atom stereocenters. The lowest BCUT2D eigenvalue weighted by Gasteiger charge is -2.33. The Morgan fingerprint density at radius 2 is 2.12 bits per heavy atom. The third-order valence-corrected chi connectivity index (χ3v) is 6.74. The van der Waals surface area contributed by atoms with E-state index in [-0.39, 0.29) is 18.1 Å². The average Bonchev–Trinajstić information content (AvgIpc) is 3.16. The third-order valence-electron chi connectivity index (χ3n) is 5.77. The predicted octanol–water partition coefficient (Wildman–Crippen LogP) is 2.34. The Morgan fingerprint density at radius 1 is 1.42 bits per heavy atom. The predicted molar refractivity (Wildman–Crippen MR) is 86.9 cm³/mol. The summed E-state index contributed by atoms with van der Waals surface area (Å²) in [4.78, 5) is 29.5. The van der Waals surface area contributed by atoms with Crippen molar-refractivity contribution in [3.8, 4) is 0 Å². The molecule has 0 aliphatic heterocycles. The van der Waals surface area contributed by atoms with Crippen molar-refractivity contribution < 1.29 is 19.5 Å². The van der Waals surface area contributed by atoms with Gasteiger partial charge in [-0.3, -0.25) is 14.9 Å². The van der Waals surface area contributed by atoms with Crippen molar-refractivity contribution in [1.82, 2.24) is 10.5 Å². The maximum Gasteiger partial charge on any atom is 0.416 e. The van der Waals surface area contributed by atoms with E-state index in [4.69, 9.17) is 9.94 Å². The summed E-state index contributed by atoms with van der Waals surface area (Å²) < 4.78 is 5.99. The van der Waals surface area contributed by atoms with Crippen LogP contribution in [0.5, 0.6) is 0 Å². The maximum atomic E-state index is 12.6. The number of aromatic nitrogens is 1. The standard InChI is InChI=1S/C16H21N3O4S/c1-19(14-17-12(8-24-14)5-13(20)18-22)15(21)23-16-6-9-2-10(7-16)4-11(16)3-9/h8-11,22H,2-7H2,1H3,(H,18,20). The van der Waals surface area contributed by atoms with Crippen molar-refractivity contribution >= 4 is 28.5 Å². The van der Waals surface area contributed by atoms with Gasteiger partial charge < -0.3 is 4.74 Å². The van der Waals surface area contributed by atoms with Crippen LogP contribution in [0.4, 0.5) is 9.93 Å². The molecule has 1 aromatic heterocycles. The number of hydroxylamine groups is 1. The topological polar surface area (TPSA) is 91.8 Å². The largest absolute Gasteiger partial charge is 0.442 e. The lowest BCUT2D eigenvalue weighted by Crippen LogP contribution is -2.41. The minimum Gasteiger partial charge on any atom is -0.442 e. The molecule has 24 heavy (non-hydrogen) atoms. The molecule has 130 valence electrons. The molecule has 8 heteroatoms. The molecular formula is C16H21N3O4S. The normalized spacial score (nSPS) is 32.8. The van der Waals surface area contributed by atoms with E-state index in [1.54, 1.807) is 17.9 Å². The molecule has 4 bridgehead atoms. The highest BCUT2D eigenvalue weighted by Crippen LogP contribution is 2.62. The number of amides is 2. The molecule has 7 nitrogen and oxygen atoms in total. The Hall–Kier alpha value is -1.67. The molecule has 4 aliphatic rings. The van der Waals surface area contributed by atoms with Crippen LogP contribution in [0.3, 0.4) is 0 Å². The number of hydrogen-bond acceptors (Lipinski definition) is 6. The van der Waals surface area contributed by atoms with E-state index in [2.05, 4.69) is 4.98 Å². The lowest BCUT2D eigenvalue weighted by atomic mass is 9.81. The molecule has 4 aliphatic carbocycles. The van der Waals surface area contributed by atoms with Gasteiger partial charge in [0, 0.05) is 12.4 Å². The van der Waals surface area contributed by atoms with Gasteiger partial charge in [-0.1, -0.05) is 0 Å². The summed E-state index contributed by atoms with van der Waals surface area (Å²) in [5.41, 5.74) is 1.84. The Morgan fingerprint density at radius 3 is 2.79 bits per heavy atom. The maximum absolute atomic E-state index is 12.6. The van der Waals surface area contributed by atoms with E-state index < -0.39 is 5.91 Å². The second-order valence-electron chi connectivity index (χ2n) is 7.37. The van der Waals surface area contributed by atoms with Crippen molar-refractivity contribution in [1.29, 1.82) is 0 Å². The van der Waals surface area contributed by atoms with E-state index in [9.17, 15) is 9.59 Å². The summed E-state index contributed by atoms with van der Waals surface area (Å²) >= 11 is 1.28. The van der Waals surface area contributed by atoms with Crippen LogP contribution >= 0.6 is 11.3 Å². The van der Waals surface area contributed by atoms with Gasteiger partial charge in [-0.05, 0) is 49.9 Å². The van der Waals surface area contributed by atoms with Crippen LogP contribution in [0.15, 0.2) is 5.38 Å². The fraction of sp³-hybridized carbons (Fsp3) is 0.688. The number of anilines is 1. The first kappa shape index (κ1) is 15.8. The zero-order valence-electron chi connectivity index (χ0n) is 13.5. The van der Waals surface area contributed by atoms with Crippen LogP contribution in [-0.2, 0) is 16.0 Å². The van der Waals surface area contributed by atoms with Gasteiger partial charge in [0.25, 0.3) is 0 Å². The second-order valence-corrected chi connectivity index (χ2v) is 8.21. The first-order valence-corrected chi connectivity index (χ1v) is 9.21. The van der Waals surface area contributed by atoms with Gasteiger partial charge in [-0.2, -0.15) is 0 Å². The molecule has 0 spiro atoms. The lowest BCUT2D eigenvalue weighted by molar-refractivity contribution is -0.128. The number of carbonyl (C=O) groups excluding carboxylic acids is 2. The van der Waals surface area contributed by atoms with Gasteiger partial charge in [0.05, 0.1) is 12.1 Å². The van der Waals surface area contributed by atoms with Crippen LogP contribution in [0.25, 0.3) is 0 Å². The number of ether oxygens (including phenoxy) is 1. The first-order valence-electron chi connectivity index (χ1n) is 8.33. The molecule has 2 N–H and O–H groups in total. The van der Waals surface area contributed by atoms with E-state index in [1.807, 2.05) is 0 Å². The summed E-state index contributed by atoms with van der Waals surface area (Å²) in [6.45, 7) is 0. The van der Waals surface area contributed by atoms with Crippen LogP contribution in [0.1, 0.15) is 37.8 Å². The molecule has 4 saturated carbocycles. The second kappa shape index (κ2) is 5.70. The van der Waals surface area contributed by atoms with Crippen molar-refractivity contribution in [2.75, 3.05) is 11.9 Å². The summed E-state index contributed by atoms with van der Waals surface area (Å²) in [5.74, 6) is 1.45. The van der Waals surface area contributed by atoms with E-state index in [0.29, 0.717) is 16.7 Å². The fourth-order valence-corrected chi connectivity index (χ4v) is 5.72. The molecule has 2 amide bonds. The number of hydrogen-bond donors (Lipinski definition) is 2. The van der Waals surface area contributed by atoms with Gasteiger partial charge in [0.15, 0.2) is 5.13 Å². The third kappa shape index (κ3) is 2.57. The van der Waals surface area contributed by atoms with Crippen LogP contribution in [0, 0.1) is 17.8 Å². The highest BCUT2D eigenvalue weighted by molar-refractivity contribution is 7.14. The summed E-state index contributed by atoms with van der Waals surface area (Å²) in [6, 6.07) is 0. The summed E-state index contributed by atoms with van der Waals surface area (Å²) in [5, 5.41) is 10.8. The molecule has 1 aromatic rings. The number of nitrogens with zero attached hydrogens (tertiary/aromatic N) is 2. The summed E-state index contributed by atoms with van der Waals surface area (Å²) in [6.07, 6.45) is 5.33. The SMILES string of the molecule is CN(C(=O)OC12CC3CC(CC1C3)C2)c1nc(CC(=O)NO)cs1. The van der Waals surface area contributed by atoms with Gasteiger partial charge in [0.1, 0.15) is 5.60 Å². The molecule has 4 fully saturated rings. The van der Waals surface area contributed by atoms with Gasteiger partial charge >= 0.3 is 6.09 Å². The Kier molecular flexibility index (Phi) is 3.76. The first-order chi connectivity index (χ1) is 11.5. The van der Waals surface area contributed by atoms with Crippen molar-refractivity contribution in [3.63, 3.8) is 0 Å². The van der Waals surface area contributed by atoms with Crippen molar-refractivity contribution in [2.24, 2.45) is 17.8 Å². The molecule has 0 radical (unpaired) electrons. The number of thiazole rings is 1. The zero-order valence-corrected chi connectivity index (χ0v) is 14.3. The Balaban J connectivity index is 1.42. The molecule has 0 aromatic carbocycles. The quantitative estimate of drug-likeness (QED) is 0.642. The van der Waals surface area contributed by atoms with Crippen LogP contribution < -0.4 is 10.4 Å². The molecular weight excluding hydrogens is 330 g/mol. The summed E-state index contributed by atoms with van der Waals surface area (Å²) in [7, 11) is 1.65. The Bertz CT molecular complexity index is 662. The number of rotatable bonds is 4. The van der Waals surface area contributed by atoms with E-state index >= 15 is 0 Å². The highest BCUT2D eigenvalue weighted by Gasteiger charge is 2.60. The molecule has 1 heterocycles. The van der Waals surface area contributed by atoms with Gasteiger partial charge in [-0.15, -0.1) is 11.3 Å². The van der Waals surface area contributed by atoms with Crippen molar-refractivity contribution in [3.05, 3.63) is 11.1 Å². The van der Waals surface area contributed by atoms with Gasteiger partial charge in [0.2, 0.25) is 5.91 Å². The van der Waals surface area contributed by atoms with E-state index in [0.717, 1.165) is 24.7 Å².